The number of ether oxygens (including phenoxy) is 1. The lowest BCUT2D eigenvalue weighted by Crippen LogP contribution is -2.37. The maximum atomic E-state index is 11.6. The van der Waals surface area contributed by atoms with Gasteiger partial charge >= 0.3 is 11.9 Å². The number of rotatable bonds is 5. The van der Waals surface area contributed by atoms with Gasteiger partial charge in [0.25, 0.3) is 0 Å². The van der Waals surface area contributed by atoms with Gasteiger partial charge in [-0.15, -0.1) is 0 Å². The van der Waals surface area contributed by atoms with E-state index in [0.717, 1.165) is 37.2 Å². The topological polar surface area (TPSA) is 95.9 Å². The summed E-state index contributed by atoms with van der Waals surface area (Å²) in [6.07, 6.45) is 4.56. The Labute approximate surface area is 182 Å². The summed E-state index contributed by atoms with van der Waals surface area (Å²) >= 11 is 5.45. The van der Waals surface area contributed by atoms with Gasteiger partial charge in [-0.1, -0.05) is 55.6 Å². The number of benzene rings is 1. The van der Waals surface area contributed by atoms with E-state index in [9.17, 15) is 19.8 Å². The third-order valence-corrected chi connectivity index (χ3v) is 5.77. The van der Waals surface area contributed by atoms with Crippen molar-refractivity contribution < 1.29 is 24.5 Å². The van der Waals surface area contributed by atoms with Crippen LogP contribution in [-0.2, 0) is 14.3 Å². The summed E-state index contributed by atoms with van der Waals surface area (Å²) in [5.41, 5.74) is 0.967. The molecule has 1 aliphatic carbocycles. The highest BCUT2D eigenvalue weighted by molar-refractivity contribution is 7.81. The van der Waals surface area contributed by atoms with Gasteiger partial charge < -0.3 is 20.3 Å². The number of aryl methyl sites for hydroxylation is 1. The van der Waals surface area contributed by atoms with Crippen molar-refractivity contribution in [2.45, 2.75) is 39.7 Å². The van der Waals surface area contributed by atoms with E-state index in [4.69, 9.17) is 17.0 Å². The van der Waals surface area contributed by atoms with Crippen LogP contribution in [0.5, 0.6) is 0 Å². The van der Waals surface area contributed by atoms with E-state index in [0.29, 0.717) is 16.5 Å². The number of allylic oxidation sites excluding steroid dienone is 2. The molecule has 30 heavy (non-hydrogen) atoms. The standard InChI is InChI=1S/C17H16O4S.C6H13NO/c1-10-5-3-4-6-11(10)14(22)12-7-8-17(2,16(20)21)9-13(12)15(18)19;1-2-6-5-7-3-4-8-6/h3-8H,9H2,1-2H3,(H,18,19)(H,20,21);6-7H,2-5H2,1H3. The van der Waals surface area contributed by atoms with Crippen LogP contribution in [0.3, 0.4) is 0 Å². The van der Waals surface area contributed by atoms with Gasteiger partial charge in [0.1, 0.15) is 0 Å². The SMILES string of the molecule is CCC1CNCCO1.Cc1ccccc1C(=S)C1=C(C(=O)O)CC(C)(C(=O)O)C=C1. The van der Waals surface area contributed by atoms with Gasteiger partial charge in [-0.05, 0) is 37.8 Å². The van der Waals surface area contributed by atoms with Crippen molar-refractivity contribution in [1.82, 2.24) is 5.32 Å². The minimum absolute atomic E-state index is 0.0423. The predicted molar refractivity (Wildman–Crippen MR) is 120 cm³/mol. The van der Waals surface area contributed by atoms with Crippen LogP contribution < -0.4 is 5.32 Å². The largest absolute Gasteiger partial charge is 0.481 e. The number of carboxylic acids is 2. The van der Waals surface area contributed by atoms with Crippen LogP contribution in [0.15, 0.2) is 47.6 Å². The smallest absolute Gasteiger partial charge is 0.332 e. The van der Waals surface area contributed by atoms with E-state index < -0.39 is 17.4 Å². The first-order chi connectivity index (χ1) is 14.2. The van der Waals surface area contributed by atoms with Gasteiger partial charge in [0.2, 0.25) is 0 Å². The van der Waals surface area contributed by atoms with Crippen LogP contribution in [-0.4, -0.2) is 52.8 Å². The predicted octanol–water partition coefficient (Wildman–Crippen LogP) is 3.53. The second-order valence-electron chi connectivity index (χ2n) is 7.68. The Bertz CT molecular complexity index is 870. The fourth-order valence-corrected chi connectivity index (χ4v) is 3.71. The van der Waals surface area contributed by atoms with Crippen LogP contribution in [0.1, 0.15) is 37.8 Å². The van der Waals surface area contributed by atoms with Gasteiger partial charge in [0, 0.05) is 24.2 Å². The first-order valence-electron chi connectivity index (χ1n) is 10.0. The van der Waals surface area contributed by atoms with Crippen molar-refractivity contribution >= 4 is 29.0 Å². The fourth-order valence-electron chi connectivity index (χ4n) is 3.29. The van der Waals surface area contributed by atoms with E-state index in [2.05, 4.69) is 12.2 Å². The molecule has 2 unspecified atom stereocenters. The zero-order valence-corrected chi connectivity index (χ0v) is 18.4. The lowest BCUT2D eigenvalue weighted by molar-refractivity contribution is -0.145. The molecule has 2 atom stereocenters. The number of thiocarbonyl (C=S) groups is 1. The van der Waals surface area contributed by atoms with E-state index in [1.54, 1.807) is 0 Å². The Morgan fingerprint density at radius 1 is 1.30 bits per heavy atom. The zero-order chi connectivity index (χ0) is 22.3. The first kappa shape index (κ1) is 23.9. The molecular formula is C23H29NO5S. The molecule has 162 valence electrons. The molecule has 0 aromatic heterocycles. The van der Waals surface area contributed by atoms with Gasteiger partial charge in [0.15, 0.2) is 0 Å². The summed E-state index contributed by atoms with van der Waals surface area (Å²) in [7, 11) is 0. The maximum Gasteiger partial charge on any atom is 0.332 e. The van der Waals surface area contributed by atoms with Gasteiger partial charge in [-0.3, -0.25) is 4.79 Å². The van der Waals surface area contributed by atoms with Crippen molar-refractivity contribution in [3.05, 3.63) is 58.7 Å². The molecule has 3 N–H and O–H groups in total. The van der Waals surface area contributed by atoms with Crippen molar-refractivity contribution in [2.24, 2.45) is 5.41 Å². The Kier molecular flexibility index (Phi) is 8.46. The van der Waals surface area contributed by atoms with E-state index in [-0.39, 0.29) is 12.0 Å². The number of hydrogen-bond donors (Lipinski definition) is 3. The Hall–Kier alpha value is -2.35. The zero-order valence-electron chi connectivity index (χ0n) is 17.6. The molecule has 1 aliphatic heterocycles. The van der Waals surface area contributed by atoms with Crippen molar-refractivity contribution in [3.63, 3.8) is 0 Å². The molecule has 1 heterocycles. The summed E-state index contributed by atoms with van der Waals surface area (Å²) < 4.78 is 5.36. The molecule has 0 bridgehead atoms. The number of hydrogen-bond acceptors (Lipinski definition) is 5. The molecule has 7 heteroatoms. The number of nitrogens with one attached hydrogen (secondary N) is 1. The minimum Gasteiger partial charge on any atom is -0.481 e. The molecule has 1 saturated heterocycles. The molecule has 6 nitrogen and oxygen atoms in total. The van der Waals surface area contributed by atoms with Gasteiger partial charge in [-0.2, -0.15) is 0 Å². The molecule has 1 fully saturated rings. The normalized spacial score (nSPS) is 23.4. The lowest BCUT2D eigenvalue weighted by atomic mass is 9.76. The number of aliphatic carboxylic acids is 2. The van der Waals surface area contributed by atoms with Crippen LogP contribution in [0.2, 0.25) is 0 Å². The van der Waals surface area contributed by atoms with E-state index >= 15 is 0 Å². The summed E-state index contributed by atoms with van der Waals surface area (Å²) in [6, 6.07) is 7.45. The summed E-state index contributed by atoms with van der Waals surface area (Å²) in [4.78, 5) is 23.3. The summed E-state index contributed by atoms with van der Waals surface area (Å²) in [5, 5.41) is 22.0. The number of carboxylic acid groups (broad SMARTS) is 2. The summed E-state index contributed by atoms with van der Waals surface area (Å²) in [5.74, 6) is -2.19. The average molecular weight is 432 g/mol. The molecule has 2 aliphatic rings. The van der Waals surface area contributed by atoms with E-state index in [1.165, 1.54) is 19.1 Å². The second kappa shape index (κ2) is 10.6. The Balaban J connectivity index is 0.000000335. The summed E-state index contributed by atoms with van der Waals surface area (Å²) in [6.45, 7) is 8.50. The molecule has 0 spiro atoms. The maximum absolute atomic E-state index is 11.6. The minimum atomic E-state index is -1.22. The van der Waals surface area contributed by atoms with Crippen molar-refractivity contribution in [2.75, 3.05) is 19.7 Å². The van der Waals surface area contributed by atoms with Crippen LogP contribution in [0.25, 0.3) is 0 Å². The molecule has 0 saturated carbocycles. The highest BCUT2D eigenvalue weighted by atomic mass is 32.1. The lowest BCUT2D eigenvalue weighted by Gasteiger charge is -2.26. The van der Waals surface area contributed by atoms with Crippen molar-refractivity contribution in [1.29, 1.82) is 0 Å². The number of carbonyl (C=O) groups is 2. The average Bonchev–Trinajstić information content (AvgIpc) is 2.74. The van der Waals surface area contributed by atoms with Crippen LogP contribution in [0, 0.1) is 12.3 Å². The molecular weight excluding hydrogens is 402 g/mol. The quantitative estimate of drug-likeness (QED) is 0.485. The molecule has 1 aromatic rings. The van der Waals surface area contributed by atoms with Gasteiger partial charge in [-0.25, -0.2) is 4.79 Å². The van der Waals surface area contributed by atoms with Crippen LogP contribution in [0.4, 0.5) is 0 Å². The third kappa shape index (κ3) is 5.84. The number of morpholine rings is 1. The van der Waals surface area contributed by atoms with E-state index in [1.807, 2.05) is 31.2 Å². The molecule has 3 rings (SSSR count). The third-order valence-electron chi connectivity index (χ3n) is 5.33. The van der Waals surface area contributed by atoms with Gasteiger partial charge in [0.05, 0.1) is 23.0 Å². The van der Waals surface area contributed by atoms with Crippen LogP contribution >= 0.6 is 12.2 Å². The fraction of sp³-hybridized carbons (Fsp3) is 0.435. The highest BCUT2D eigenvalue weighted by Gasteiger charge is 2.37. The molecule has 1 aromatic carbocycles. The Morgan fingerprint density at radius 3 is 2.50 bits per heavy atom. The molecule has 0 radical (unpaired) electrons. The second-order valence-corrected chi connectivity index (χ2v) is 8.09. The van der Waals surface area contributed by atoms with Crippen molar-refractivity contribution in [3.8, 4) is 0 Å². The molecule has 0 amide bonds. The first-order valence-corrected chi connectivity index (χ1v) is 10.4. The Morgan fingerprint density at radius 2 is 2.00 bits per heavy atom. The highest BCUT2D eigenvalue weighted by Crippen LogP contribution is 2.36. The monoisotopic (exact) mass is 431 g/mol.